The molecule has 5 nitrogen and oxygen atoms in total. The highest BCUT2D eigenvalue weighted by atomic mass is 16.2. The number of amides is 2. The second-order valence-electron chi connectivity index (χ2n) is 5.29. The van der Waals surface area contributed by atoms with Gasteiger partial charge in [0.05, 0.1) is 5.56 Å². The number of para-hydroxylation sites is 1. The molecular weight excluding hydrogens is 242 g/mol. The van der Waals surface area contributed by atoms with Crippen LogP contribution in [0.25, 0.3) is 0 Å². The highest BCUT2D eigenvalue weighted by Crippen LogP contribution is 2.17. The third-order valence-electron chi connectivity index (χ3n) is 2.66. The molecule has 2 amide bonds. The molecule has 1 aromatic rings. The quantitative estimate of drug-likeness (QED) is 0.752. The van der Waals surface area contributed by atoms with E-state index in [2.05, 4.69) is 10.6 Å². The molecule has 0 radical (unpaired) electrons. The second-order valence-corrected chi connectivity index (χ2v) is 5.29. The van der Waals surface area contributed by atoms with Crippen LogP contribution >= 0.6 is 0 Å². The molecule has 104 valence electrons. The lowest BCUT2D eigenvalue weighted by Crippen LogP contribution is -2.53. The number of primary amides is 1. The Bertz CT molecular complexity index is 481. The Balaban J connectivity index is 2.97. The molecule has 19 heavy (non-hydrogen) atoms. The third-order valence-corrected chi connectivity index (χ3v) is 2.66. The molecule has 0 aliphatic heterocycles. The number of anilines is 1. The van der Waals surface area contributed by atoms with Gasteiger partial charge in [-0.15, -0.1) is 0 Å². The van der Waals surface area contributed by atoms with Crippen molar-refractivity contribution in [1.29, 1.82) is 0 Å². The van der Waals surface area contributed by atoms with Gasteiger partial charge in [-0.2, -0.15) is 0 Å². The molecule has 0 heterocycles. The lowest BCUT2D eigenvalue weighted by atomic mass is 10.0. The molecule has 0 saturated heterocycles. The first-order valence-electron chi connectivity index (χ1n) is 6.22. The summed E-state index contributed by atoms with van der Waals surface area (Å²) >= 11 is 0. The summed E-state index contributed by atoms with van der Waals surface area (Å²) in [5, 5.41) is 5.82. The largest absolute Gasteiger partial charge is 0.382 e. The highest BCUT2D eigenvalue weighted by Gasteiger charge is 2.28. The van der Waals surface area contributed by atoms with Crippen molar-refractivity contribution in [3.05, 3.63) is 29.8 Å². The van der Waals surface area contributed by atoms with Crippen molar-refractivity contribution < 1.29 is 9.59 Å². The number of nitrogens with two attached hydrogens (primary N) is 1. The van der Waals surface area contributed by atoms with Crippen molar-refractivity contribution >= 4 is 17.5 Å². The van der Waals surface area contributed by atoms with E-state index in [1.165, 1.54) is 0 Å². The minimum absolute atomic E-state index is 0.207. The van der Waals surface area contributed by atoms with Gasteiger partial charge in [0, 0.05) is 11.7 Å². The standard InChI is InChI=1S/C14H21N3O2/c1-9(2)16-11-8-6-5-7-10(11)12(18)17-14(3,4)13(15)19/h5-9,16H,1-4H3,(H2,15,19)(H,17,18). The van der Waals surface area contributed by atoms with Gasteiger partial charge in [-0.1, -0.05) is 12.1 Å². The fourth-order valence-corrected chi connectivity index (χ4v) is 1.53. The molecule has 0 aliphatic carbocycles. The Morgan fingerprint density at radius 2 is 1.79 bits per heavy atom. The molecule has 0 atom stereocenters. The van der Waals surface area contributed by atoms with Crippen LogP contribution in [-0.2, 0) is 4.79 Å². The van der Waals surface area contributed by atoms with Crippen molar-refractivity contribution in [2.24, 2.45) is 5.73 Å². The lowest BCUT2D eigenvalue weighted by molar-refractivity contribution is -0.122. The van der Waals surface area contributed by atoms with Crippen LogP contribution in [-0.4, -0.2) is 23.4 Å². The molecule has 0 fully saturated rings. The molecule has 0 spiro atoms. The van der Waals surface area contributed by atoms with E-state index < -0.39 is 11.4 Å². The smallest absolute Gasteiger partial charge is 0.254 e. The van der Waals surface area contributed by atoms with Gasteiger partial charge in [-0.3, -0.25) is 9.59 Å². The van der Waals surface area contributed by atoms with Gasteiger partial charge in [0.25, 0.3) is 5.91 Å². The molecule has 4 N–H and O–H groups in total. The summed E-state index contributed by atoms with van der Waals surface area (Å²) in [6, 6.07) is 7.36. The van der Waals surface area contributed by atoms with Crippen molar-refractivity contribution in [1.82, 2.24) is 5.32 Å². The second kappa shape index (κ2) is 5.73. The van der Waals surface area contributed by atoms with Crippen LogP contribution in [0.2, 0.25) is 0 Å². The summed E-state index contributed by atoms with van der Waals surface area (Å²) in [6.07, 6.45) is 0. The maximum absolute atomic E-state index is 12.2. The number of carbonyl (C=O) groups excluding carboxylic acids is 2. The number of carbonyl (C=O) groups is 2. The minimum atomic E-state index is -1.08. The van der Waals surface area contributed by atoms with Crippen LogP contribution in [0.15, 0.2) is 24.3 Å². The molecule has 0 saturated carbocycles. The first-order valence-corrected chi connectivity index (χ1v) is 6.22. The van der Waals surface area contributed by atoms with Crippen LogP contribution < -0.4 is 16.4 Å². The summed E-state index contributed by atoms with van der Waals surface area (Å²) in [5.41, 5.74) is 5.39. The van der Waals surface area contributed by atoms with Crippen molar-refractivity contribution in [3.8, 4) is 0 Å². The van der Waals surface area contributed by atoms with Gasteiger partial charge >= 0.3 is 0 Å². The molecule has 1 rings (SSSR count). The van der Waals surface area contributed by atoms with E-state index in [1.807, 2.05) is 26.0 Å². The number of hydrogen-bond donors (Lipinski definition) is 3. The minimum Gasteiger partial charge on any atom is -0.382 e. The predicted octanol–water partition coefficient (Wildman–Crippen LogP) is 1.50. The zero-order chi connectivity index (χ0) is 14.6. The Morgan fingerprint density at radius 1 is 1.21 bits per heavy atom. The monoisotopic (exact) mass is 263 g/mol. The first-order chi connectivity index (χ1) is 8.74. The van der Waals surface area contributed by atoms with E-state index in [9.17, 15) is 9.59 Å². The lowest BCUT2D eigenvalue weighted by Gasteiger charge is -2.23. The van der Waals surface area contributed by atoms with Crippen LogP contribution in [0.4, 0.5) is 5.69 Å². The van der Waals surface area contributed by atoms with Crippen molar-refractivity contribution in [2.75, 3.05) is 5.32 Å². The summed E-state index contributed by atoms with van der Waals surface area (Å²) < 4.78 is 0. The Kier molecular flexibility index (Phi) is 4.53. The van der Waals surface area contributed by atoms with Gasteiger partial charge in [0.2, 0.25) is 5.91 Å². The maximum Gasteiger partial charge on any atom is 0.254 e. The fraction of sp³-hybridized carbons (Fsp3) is 0.429. The Hall–Kier alpha value is -2.04. The van der Waals surface area contributed by atoms with Crippen LogP contribution in [0.3, 0.4) is 0 Å². The van der Waals surface area contributed by atoms with E-state index in [1.54, 1.807) is 26.0 Å². The third kappa shape index (κ3) is 3.98. The van der Waals surface area contributed by atoms with Gasteiger partial charge in [-0.05, 0) is 39.8 Å². The summed E-state index contributed by atoms with van der Waals surface area (Å²) in [6.45, 7) is 7.13. The normalized spacial score (nSPS) is 11.2. The number of rotatable bonds is 5. The fourth-order valence-electron chi connectivity index (χ4n) is 1.53. The molecule has 0 bridgehead atoms. The van der Waals surface area contributed by atoms with Crippen LogP contribution in [0, 0.1) is 0 Å². The van der Waals surface area contributed by atoms with E-state index in [4.69, 9.17) is 5.73 Å². The van der Waals surface area contributed by atoms with E-state index in [0.717, 1.165) is 5.69 Å². The van der Waals surface area contributed by atoms with E-state index in [-0.39, 0.29) is 11.9 Å². The van der Waals surface area contributed by atoms with Gasteiger partial charge in [-0.25, -0.2) is 0 Å². The highest BCUT2D eigenvalue weighted by molar-refractivity contribution is 6.02. The van der Waals surface area contributed by atoms with Crippen molar-refractivity contribution in [2.45, 2.75) is 39.3 Å². The van der Waals surface area contributed by atoms with Crippen molar-refractivity contribution in [3.63, 3.8) is 0 Å². The molecular formula is C14H21N3O2. The zero-order valence-electron chi connectivity index (χ0n) is 11.8. The Morgan fingerprint density at radius 3 is 2.32 bits per heavy atom. The molecule has 0 aliphatic rings. The average molecular weight is 263 g/mol. The number of benzene rings is 1. The van der Waals surface area contributed by atoms with Crippen LogP contribution in [0.1, 0.15) is 38.1 Å². The van der Waals surface area contributed by atoms with E-state index >= 15 is 0 Å². The summed E-state index contributed by atoms with van der Waals surface area (Å²) in [5.74, 6) is -0.900. The van der Waals surface area contributed by atoms with Gasteiger partial charge in [0.15, 0.2) is 0 Å². The zero-order valence-corrected chi connectivity index (χ0v) is 11.8. The van der Waals surface area contributed by atoms with Gasteiger partial charge < -0.3 is 16.4 Å². The molecule has 5 heteroatoms. The van der Waals surface area contributed by atoms with Gasteiger partial charge in [0.1, 0.15) is 5.54 Å². The summed E-state index contributed by atoms with van der Waals surface area (Å²) in [4.78, 5) is 23.5. The average Bonchev–Trinajstić information content (AvgIpc) is 2.27. The number of nitrogens with one attached hydrogen (secondary N) is 2. The number of hydrogen-bond acceptors (Lipinski definition) is 3. The maximum atomic E-state index is 12.2. The van der Waals surface area contributed by atoms with E-state index in [0.29, 0.717) is 5.56 Å². The predicted molar refractivity (Wildman–Crippen MR) is 75.9 cm³/mol. The first kappa shape index (κ1) is 15.0. The SMILES string of the molecule is CC(C)Nc1ccccc1C(=O)NC(C)(C)C(N)=O. The van der Waals surface area contributed by atoms with Crippen LogP contribution in [0.5, 0.6) is 0 Å². The topological polar surface area (TPSA) is 84.2 Å². The molecule has 0 aromatic heterocycles. The Labute approximate surface area is 113 Å². The molecule has 0 unspecified atom stereocenters. The summed E-state index contributed by atoms with van der Waals surface area (Å²) in [7, 11) is 0. The molecule has 1 aromatic carbocycles.